The van der Waals surface area contributed by atoms with Gasteiger partial charge in [0.2, 0.25) is 6.29 Å². The molecule has 5 unspecified atom stereocenters. The van der Waals surface area contributed by atoms with Crippen LogP contribution in [0.1, 0.15) is 49.3 Å². The molecule has 0 saturated carbocycles. The molecule has 0 aromatic heterocycles. The number of halogens is 3. The number of carbonyl (C=O) groups excluding carboxylic acids is 1. The summed E-state index contributed by atoms with van der Waals surface area (Å²) in [6, 6.07) is 39.2. The monoisotopic (exact) mass is 970 g/mol. The van der Waals surface area contributed by atoms with Gasteiger partial charge in [-0.25, -0.2) is 4.79 Å². The molecule has 9 rings (SSSR count). The molecule has 4 aromatic rings. The van der Waals surface area contributed by atoms with Crippen LogP contribution in [-0.2, 0) is 86.2 Å². The van der Waals surface area contributed by atoms with Crippen LogP contribution >= 0.6 is 34.8 Å². The Morgan fingerprint density at radius 1 is 0.652 bits per heavy atom. The average molecular weight is 972 g/mol. The van der Waals surface area contributed by atoms with E-state index in [-0.39, 0.29) is 33.0 Å². The van der Waals surface area contributed by atoms with E-state index in [1.165, 1.54) is 0 Å². The number of hydrogen-bond donors (Lipinski definition) is 0. The van der Waals surface area contributed by atoms with E-state index >= 15 is 0 Å². The van der Waals surface area contributed by atoms with Crippen LogP contribution < -0.4 is 0 Å². The summed E-state index contributed by atoms with van der Waals surface area (Å²) in [6.45, 7) is 6.29. The van der Waals surface area contributed by atoms with Gasteiger partial charge in [0.15, 0.2) is 30.8 Å². The summed E-state index contributed by atoms with van der Waals surface area (Å²) < 4.78 is 82.5. The van der Waals surface area contributed by atoms with Crippen molar-refractivity contribution in [3.05, 3.63) is 144 Å². The fourth-order valence-electron chi connectivity index (χ4n) is 8.81. The summed E-state index contributed by atoms with van der Waals surface area (Å²) in [5.41, 5.74) is 2.67. The minimum Gasteiger partial charge on any atom is -0.430 e. The highest BCUT2D eigenvalue weighted by molar-refractivity contribution is 6.75. The molecule has 4 aromatic carbocycles. The number of hydrogen-bond acceptors (Lipinski definition) is 14. The number of carbonyl (C=O) groups is 1. The first-order chi connectivity index (χ1) is 31.8. The minimum atomic E-state index is -2.35. The number of ether oxygens (including phenoxy) is 13. The fourth-order valence-corrected chi connectivity index (χ4v) is 8.95. The van der Waals surface area contributed by atoms with Crippen LogP contribution in [0.2, 0.25) is 0 Å². The third kappa shape index (κ3) is 11.1. The Morgan fingerprint density at radius 2 is 1.23 bits per heavy atom. The molecule has 17 heteroatoms. The Kier molecular flexibility index (Phi) is 15.0. The zero-order valence-corrected chi connectivity index (χ0v) is 38.8. The van der Waals surface area contributed by atoms with Crippen molar-refractivity contribution in [3.8, 4) is 0 Å². The molecule has 354 valence electrons. The Bertz CT molecular complexity index is 2170. The standard InChI is InChI=1S/C49H53Cl3O14/c1-30-36(38-40(65-47(2,3)64-38)44(59-30)63-46(53)49(50,51)52)60-43-39(56-26-33-20-12-6-13-21-33)37(35(27-57-43)55-25-32-18-10-5-11-19-32)61-45-41-48(29-58-45,28-54-24-31-16-8-4-9-17-31)66-42(62-41)34-22-14-7-15-23-34/h4-23,30,35-45H,24-29H2,1-3H3/t30-,35-,36+,37?,38?,39?,40?,41?,42+,43+,44+,45+,48+/m1/s1. The molecule has 14 nitrogen and oxygen atoms in total. The molecule has 0 aliphatic carbocycles. The number of rotatable bonds is 16. The third-order valence-electron chi connectivity index (χ3n) is 12.0. The first kappa shape index (κ1) is 47.8. The Hall–Kier alpha value is -3.26. The SMILES string of the molecule is C[C@H]1O[C@@H](OC(=O)C(Cl)(Cl)Cl)C2OC(C)(C)OC2[C@H]1O[C@@H]1OC[C@@H](OCc2ccccc2)C(O[C@@H]2OC[C@]3(COCc4ccccc4)O[C@@H](c4ccccc4)OC23)C1OCc1ccccc1. The normalized spacial score (nSPS) is 33.8. The molecular formula is C49H53Cl3O14. The zero-order chi connectivity index (χ0) is 45.9. The van der Waals surface area contributed by atoms with Crippen molar-refractivity contribution in [3.63, 3.8) is 0 Å². The molecule has 0 bridgehead atoms. The van der Waals surface area contributed by atoms with Gasteiger partial charge in [0.25, 0.3) is 3.79 Å². The van der Waals surface area contributed by atoms with Crippen LogP contribution in [0.4, 0.5) is 0 Å². The lowest BCUT2D eigenvalue weighted by molar-refractivity contribution is -0.351. The molecule has 5 aliphatic rings. The molecule has 0 spiro atoms. The van der Waals surface area contributed by atoms with Crippen LogP contribution in [0.3, 0.4) is 0 Å². The van der Waals surface area contributed by atoms with Crippen LogP contribution in [0, 0.1) is 0 Å². The van der Waals surface area contributed by atoms with E-state index in [4.69, 9.17) is 96.4 Å². The Labute approximate surface area is 398 Å². The van der Waals surface area contributed by atoms with Crippen LogP contribution in [-0.4, -0.2) is 109 Å². The lowest BCUT2D eigenvalue weighted by Gasteiger charge is -2.46. The molecule has 0 amide bonds. The van der Waals surface area contributed by atoms with Crippen molar-refractivity contribution in [2.24, 2.45) is 0 Å². The summed E-state index contributed by atoms with van der Waals surface area (Å²) >= 11 is 17.6. The number of alkyl halides is 3. The molecule has 5 fully saturated rings. The largest absolute Gasteiger partial charge is 0.430 e. The second kappa shape index (κ2) is 20.8. The predicted octanol–water partition coefficient (Wildman–Crippen LogP) is 7.89. The molecular weight excluding hydrogens is 919 g/mol. The molecule has 5 aliphatic heterocycles. The highest BCUT2D eigenvalue weighted by atomic mass is 35.6. The lowest BCUT2D eigenvalue weighted by Crippen LogP contribution is -2.63. The summed E-state index contributed by atoms with van der Waals surface area (Å²) in [4.78, 5) is 12.7. The molecule has 66 heavy (non-hydrogen) atoms. The topological polar surface area (TPSA) is 137 Å². The van der Waals surface area contributed by atoms with Crippen molar-refractivity contribution in [1.29, 1.82) is 0 Å². The van der Waals surface area contributed by atoms with Crippen LogP contribution in [0.5, 0.6) is 0 Å². The van der Waals surface area contributed by atoms with E-state index in [1.807, 2.05) is 121 Å². The summed E-state index contributed by atoms with van der Waals surface area (Å²) in [5, 5.41) is 0. The van der Waals surface area contributed by atoms with E-state index in [1.54, 1.807) is 20.8 Å². The average Bonchev–Trinajstić information content (AvgIpc) is 3.97. The van der Waals surface area contributed by atoms with Crippen molar-refractivity contribution < 1.29 is 66.4 Å². The van der Waals surface area contributed by atoms with Gasteiger partial charge in [-0.2, -0.15) is 0 Å². The van der Waals surface area contributed by atoms with Gasteiger partial charge in [-0.1, -0.05) is 156 Å². The quantitative estimate of drug-likeness (QED) is 0.0795. The first-order valence-corrected chi connectivity index (χ1v) is 23.1. The van der Waals surface area contributed by atoms with Gasteiger partial charge in [-0.15, -0.1) is 0 Å². The van der Waals surface area contributed by atoms with Crippen molar-refractivity contribution in [2.45, 2.75) is 130 Å². The lowest BCUT2D eigenvalue weighted by atomic mass is 9.98. The number of benzene rings is 4. The third-order valence-corrected chi connectivity index (χ3v) is 12.4. The van der Waals surface area contributed by atoms with E-state index in [2.05, 4.69) is 0 Å². The second-order valence-corrected chi connectivity index (χ2v) is 19.6. The van der Waals surface area contributed by atoms with E-state index in [9.17, 15) is 4.79 Å². The van der Waals surface area contributed by atoms with Gasteiger partial charge in [-0.05, 0) is 37.5 Å². The second-order valence-electron chi connectivity index (χ2n) is 17.3. The van der Waals surface area contributed by atoms with Gasteiger partial charge < -0.3 is 61.6 Å². The van der Waals surface area contributed by atoms with Crippen molar-refractivity contribution in [2.75, 3.05) is 19.8 Å². The van der Waals surface area contributed by atoms with E-state index in [0.29, 0.717) is 6.61 Å². The van der Waals surface area contributed by atoms with Gasteiger partial charge in [0.05, 0.1) is 45.7 Å². The molecule has 5 saturated heterocycles. The summed E-state index contributed by atoms with van der Waals surface area (Å²) in [7, 11) is 0. The summed E-state index contributed by atoms with van der Waals surface area (Å²) in [5.74, 6) is -2.26. The number of fused-ring (bicyclic) bond motifs is 2. The van der Waals surface area contributed by atoms with E-state index < -0.39 is 95.1 Å². The fraction of sp³-hybridized carbons (Fsp3) is 0.490. The molecule has 0 radical (unpaired) electrons. The van der Waals surface area contributed by atoms with E-state index in [0.717, 1.165) is 22.3 Å². The maximum atomic E-state index is 12.7. The first-order valence-electron chi connectivity index (χ1n) is 22.0. The molecule has 13 atom stereocenters. The maximum absolute atomic E-state index is 12.7. The van der Waals surface area contributed by atoms with Crippen molar-refractivity contribution in [1.82, 2.24) is 0 Å². The van der Waals surface area contributed by atoms with Gasteiger partial charge in [0.1, 0.15) is 42.2 Å². The minimum absolute atomic E-state index is 0.0302. The van der Waals surface area contributed by atoms with Gasteiger partial charge in [0, 0.05) is 5.56 Å². The Balaban J connectivity index is 1.02. The van der Waals surface area contributed by atoms with Gasteiger partial charge >= 0.3 is 5.97 Å². The zero-order valence-electron chi connectivity index (χ0n) is 36.6. The maximum Gasteiger partial charge on any atom is 0.360 e. The van der Waals surface area contributed by atoms with Crippen molar-refractivity contribution >= 4 is 40.8 Å². The van der Waals surface area contributed by atoms with Gasteiger partial charge in [-0.3, -0.25) is 0 Å². The smallest absolute Gasteiger partial charge is 0.360 e. The molecule has 5 heterocycles. The molecule has 0 N–H and O–H groups in total. The van der Waals surface area contributed by atoms with Crippen LogP contribution in [0.15, 0.2) is 121 Å². The Morgan fingerprint density at radius 3 is 1.86 bits per heavy atom. The summed E-state index contributed by atoms with van der Waals surface area (Å²) in [6.07, 6.45) is -10.8. The highest BCUT2D eigenvalue weighted by Gasteiger charge is 2.62. The van der Waals surface area contributed by atoms with Crippen LogP contribution in [0.25, 0.3) is 0 Å². The highest BCUT2D eigenvalue weighted by Crippen LogP contribution is 2.47. The number of esters is 1. The predicted molar refractivity (Wildman–Crippen MR) is 238 cm³/mol.